The molecule has 3 rings (SSSR count). The minimum Gasteiger partial charge on any atom is -0.349 e. The monoisotopic (exact) mass is 282 g/mol. The first-order chi connectivity index (χ1) is 10.1. The molecule has 21 heavy (non-hydrogen) atoms. The number of carbonyl (C=O) groups excluding carboxylic acids is 1. The first kappa shape index (κ1) is 13.5. The summed E-state index contributed by atoms with van der Waals surface area (Å²) < 4.78 is 0. The van der Waals surface area contributed by atoms with Crippen molar-refractivity contribution in [1.82, 2.24) is 15.3 Å². The molecule has 1 heterocycles. The molecule has 0 unspecified atom stereocenters. The van der Waals surface area contributed by atoms with Gasteiger partial charge in [0.05, 0.1) is 5.56 Å². The van der Waals surface area contributed by atoms with Crippen LogP contribution in [0.3, 0.4) is 0 Å². The molecule has 1 aromatic heterocycles. The number of nitrogens with zero attached hydrogens (tertiary/aromatic N) is 2. The molecule has 0 atom stereocenters. The molecule has 0 aliphatic heterocycles. The molecule has 2 aromatic rings. The van der Waals surface area contributed by atoms with Crippen LogP contribution in [0.4, 0.5) is 11.6 Å². The molecule has 5 heteroatoms. The Kier molecular flexibility index (Phi) is 3.56. The van der Waals surface area contributed by atoms with Crippen LogP contribution in [0.2, 0.25) is 0 Å². The normalized spacial score (nSPS) is 13.8. The second-order valence-corrected chi connectivity index (χ2v) is 5.54. The van der Waals surface area contributed by atoms with Gasteiger partial charge in [-0.15, -0.1) is 0 Å². The van der Waals surface area contributed by atoms with Gasteiger partial charge >= 0.3 is 0 Å². The number of hydrogen-bond acceptors (Lipinski definition) is 4. The maximum Gasteiger partial charge on any atom is 0.254 e. The number of anilines is 2. The Balaban J connectivity index is 1.69. The van der Waals surface area contributed by atoms with Crippen molar-refractivity contribution in [2.45, 2.75) is 32.7 Å². The van der Waals surface area contributed by atoms with Gasteiger partial charge in [-0.1, -0.05) is 6.07 Å². The van der Waals surface area contributed by atoms with Crippen molar-refractivity contribution < 1.29 is 4.79 Å². The van der Waals surface area contributed by atoms with Crippen molar-refractivity contribution in [3.8, 4) is 0 Å². The second kappa shape index (κ2) is 5.52. The lowest BCUT2D eigenvalue weighted by atomic mass is 10.1. The van der Waals surface area contributed by atoms with E-state index in [1.54, 1.807) is 12.4 Å². The lowest BCUT2D eigenvalue weighted by Crippen LogP contribution is -2.25. The van der Waals surface area contributed by atoms with Gasteiger partial charge in [-0.2, -0.15) is 0 Å². The van der Waals surface area contributed by atoms with Crippen molar-refractivity contribution in [2.24, 2.45) is 0 Å². The zero-order valence-electron chi connectivity index (χ0n) is 12.2. The van der Waals surface area contributed by atoms with Gasteiger partial charge in [0.2, 0.25) is 5.95 Å². The van der Waals surface area contributed by atoms with E-state index in [4.69, 9.17) is 0 Å². The second-order valence-electron chi connectivity index (χ2n) is 5.54. The molecule has 1 amide bonds. The fraction of sp³-hybridized carbons (Fsp3) is 0.312. The third-order valence-electron chi connectivity index (χ3n) is 3.30. The highest BCUT2D eigenvalue weighted by molar-refractivity contribution is 5.94. The third kappa shape index (κ3) is 3.56. The van der Waals surface area contributed by atoms with E-state index in [9.17, 15) is 4.79 Å². The fourth-order valence-corrected chi connectivity index (χ4v) is 2.18. The van der Waals surface area contributed by atoms with Gasteiger partial charge in [-0.25, -0.2) is 9.97 Å². The van der Waals surface area contributed by atoms with Crippen molar-refractivity contribution in [2.75, 3.05) is 5.32 Å². The van der Waals surface area contributed by atoms with Crippen molar-refractivity contribution in [3.63, 3.8) is 0 Å². The van der Waals surface area contributed by atoms with Crippen molar-refractivity contribution in [3.05, 3.63) is 47.3 Å². The van der Waals surface area contributed by atoms with Crippen LogP contribution in [0.5, 0.6) is 0 Å². The number of amides is 1. The number of benzene rings is 1. The van der Waals surface area contributed by atoms with Gasteiger partial charge in [-0.05, 0) is 49.9 Å². The van der Waals surface area contributed by atoms with E-state index in [1.165, 1.54) is 11.1 Å². The summed E-state index contributed by atoms with van der Waals surface area (Å²) in [5.41, 5.74) is 3.80. The molecule has 1 aliphatic rings. The highest BCUT2D eigenvalue weighted by atomic mass is 16.1. The Morgan fingerprint density at radius 2 is 1.71 bits per heavy atom. The average Bonchev–Trinajstić information content (AvgIpc) is 3.22. The summed E-state index contributed by atoms with van der Waals surface area (Å²) in [6.07, 6.45) is 5.24. The maximum atomic E-state index is 11.8. The molecule has 1 aliphatic carbocycles. The number of aromatic nitrogens is 2. The standard InChI is InChI=1S/C16H18N4O/c1-10-5-11(2)7-14(6-10)20-16-17-8-12(9-18-16)15(21)19-13-3-4-13/h5-9,13H,3-4H2,1-2H3,(H,19,21)(H,17,18,20). The minimum absolute atomic E-state index is 0.101. The van der Waals surface area contributed by atoms with Crippen LogP contribution in [-0.4, -0.2) is 21.9 Å². The molecule has 5 nitrogen and oxygen atoms in total. The Morgan fingerprint density at radius 3 is 2.29 bits per heavy atom. The van der Waals surface area contributed by atoms with Gasteiger partial charge < -0.3 is 10.6 Å². The topological polar surface area (TPSA) is 66.9 Å². The number of aryl methyl sites for hydroxylation is 2. The maximum absolute atomic E-state index is 11.8. The average molecular weight is 282 g/mol. The number of rotatable bonds is 4. The fourth-order valence-electron chi connectivity index (χ4n) is 2.18. The molecule has 0 bridgehead atoms. The lowest BCUT2D eigenvalue weighted by molar-refractivity contribution is 0.0950. The van der Waals surface area contributed by atoms with E-state index >= 15 is 0 Å². The van der Waals surface area contributed by atoms with Gasteiger partial charge in [-0.3, -0.25) is 4.79 Å². The molecule has 0 radical (unpaired) electrons. The molecule has 0 saturated heterocycles. The zero-order chi connectivity index (χ0) is 14.8. The molecule has 1 aromatic carbocycles. The predicted molar refractivity (Wildman–Crippen MR) is 81.7 cm³/mol. The molecule has 1 fully saturated rings. The summed E-state index contributed by atoms with van der Waals surface area (Å²) in [5, 5.41) is 6.07. The van der Waals surface area contributed by atoms with E-state index in [0.717, 1.165) is 18.5 Å². The Labute approximate surface area is 123 Å². The number of nitrogens with one attached hydrogen (secondary N) is 2. The number of carbonyl (C=O) groups is 1. The van der Waals surface area contributed by atoms with E-state index in [2.05, 4.69) is 26.7 Å². The predicted octanol–water partition coefficient (Wildman–Crippen LogP) is 2.73. The van der Waals surface area contributed by atoms with E-state index < -0.39 is 0 Å². The molecule has 0 spiro atoms. The van der Waals surface area contributed by atoms with E-state index in [-0.39, 0.29) is 5.91 Å². The van der Waals surface area contributed by atoms with Crippen LogP contribution < -0.4 is 10.6 Å². The number of hydrogen-bond donors (Lipinski definition) is 2. The van der Waals surface area contributed by atoms with Crippen LogP contribution in [0, 0.1) is 13.8 Å². The SMILES string of the molecule is Cc1cc(C)cc(Nc2ncc(C(=O)NC3CC3)cn2)c1. The first-order valence-corrected chi connectivity index (χ1v) is 7.08. The van der Waals surface area contributed by atoms with Gasteiger partial charge in [0.25, 0.3) is 5.91 Å². The third-order valence-corrected chi connectivity index (χ3v) is 3.30. The minimum atomic E-state index is -0.101. The van der Waals surface area contributed by atoms with Gasteiger partial charge in [0.1, 0.15) is 0 Å². The Morgan fingerprint density at radius 1 is 1.10 bits per heavy atom. The van der Waals surface area contributed by atoms with Crippen molar-refractivity contribution in [1.29, 1.82) is 0 Å². The van der Waals surface area contributed by atoms with Crippen LogP contribution in [0.25, 0.3) is 0 Å². The molecule has 1 saturated carbocycles. The highest BCUT2D eigenvalue weighted by Gasteiger charge is 2.23. The molecular weight excluding hydrogens is 264 g/mol. The first-order valence-electron chi connectivity index (χ1n) is 7.08. The van der Waals surface area contributed by atoms with Crippen LogP contribution in [0.15, 0.2) is 30.6 Å². The van der Waals surface area contributed by atoms with Crippen LogP contribution in [-0.2, 0) is 0 Å². The van der Waals surface area contributed by atoms with Gasteiger partial charge in [0.15, 0.2) is 0 Å². The lowest BCUT2D eigenvalue weighted by Gasteiger charge is -2.08. The largest absolute Gasteiger partial charge is 0.349 e. The van der Waals surface area contributed by atoms with Crippen LogP contribution >= 0.6 is 0 Å². The zero-order valence-corrected chi connectivity index (χ0v) is 12.2. The summed E-state index contributed by atoms with van der Waals surface area (Å²) in [6.45, 7) is 4.09. The Bertz CT molecular complexity index is 642. The summed E-state index contributed by atoms with van der Waals surface area (Å²) in [7, 11) is 0. The highest BCUT2D eigenvalue weighted by Crippen LogP contribution is 2.19. The molecule has 2 N–H and O–H groups in total. The summed E-state index contributed by atoms with van der Waals surface area (Å²) >= 11 is 0. The molecular formula is C16H18N4O. The quantitative estimate of drug-likeness (QED) is 0.905. The van der Waals surface area contributed by atoms with E-state index in [1.807, 2.05) is 26.0 Å². The summed E-state index contributed by atoms with van der Waals surface area (Å²) in [5.74, 6) is 0.387. The summed E-state index contributed by atoms with van der Waals surface area (Å²) in [4.78, 5) is 20.2. The van der Waals surface area contributed by atoms with E-state index in [0.29, 0.717) is 17.6 Å². The van der Waals surface area contributed by atoms with Crippen LogP contribution in [0.1, 0.15) is 34.3 Å². The summed E-state index contributed by atoms with van der Waals surface area (Å²) in [6, 6.07) is 6.51. The smallest absolute Gasteiger partial charge is 0.254 e. The van der Waals surface area contributed by atoms with Gasteiger partial charge in [0, 0.05) is 24.1 Å². The Hall–Kier alpha value is -2.43. The molecule has 108 valence electrons. The van der Waals surface area contributed by atoms with Crippen molar-refractivity contribution >= 4 is 17.5 Å².